The number of carbonyl (C=O) groups is 3. The first-order valence-electron chi connectivity index (χ1n) is 6.71. The second-order valence-electron chi connectivity index (χ2n) is 5.37. The SMILES string of the molecule is O=C(O)CC1(CC(=O)NC(=O)Nc2cnoc2)CCCC1. The van der Waals surface area contributed by atoms with E-state index in [1.165, 1.54) is 12.5 Å². The van der Waals surface area contributed by atoms with E-state index in [9.17, 15) is 14.4 Å². The quantitative estimate of drug-likeness (QED) is 0.760. The van der Waals surface area contributed by atoms with Crippen molar-refractivity contribution in [3.8, 4) is 0 Å². The third-order valence-corrected chi connectivity index (χ3v) is 3.67. The fourth-order valence-corrected chi connectivity index (χ4v) is 2.80. The summed E-state index contributed by atoms with van der Waals surface area (Å²) in [5.41, 5.74) is -0.200. The van der Waals surface area contributed by atoms with Gasteiger partial charge >= 0.3 is 12.0 Å². The van der Waals surface area contributed by atoms with E-state index in [4.69, 9.17) is 5.11 Å². The molecule has 1 aliphatic carbocycles. The van der Waals surface area contributed by atoms with Gasteiger partial charge < -0.3 is 14.9 Å². The van der Waals surface area contributed by atoms with Crippen LogP contribution in [0.3, 0.4) is 0 Å². The van der Waals surface area contributed by atoms with E-state index in [2.05, 4.69) is 20.3 Å². The molecule has 1 fully saturated rings. The van der Waals surface area contributed by atoms with Crippen LogP contribution < -0.4 is 10.6 Å². The zero-order valence-corrected chi connectivity index (χ0v) is 11.4. The first-order chi connectivity index (χ1) is 9.99. The average molecular weight is 295 g/mol. The Morgan fingerprint density at radius 1 is 1.29 bits per heavy atom. The third kappa shape index (κ3) is 4.30. The summed E-state index contributed by atoms with van der Waals surface area (Å²) in [7, 11) is 0. The highest BCUT2D eigenvalue weighted by Gasteiger charge is 2.38. The molecule has 0 atom stereocenters. The summed E-state index contributed by atoms with van der Waals surface area (Å²) in [5, 5.41) is 17.0. The summed E-state index contributed by atoms with van der Waals surface area (Å²) in [6, 6.07) is -0.688. The highest BCUT2D eigenvalue weighted by molar-refractivity contribution is 6.01. The Hall–Kier alpha value is -2.38. The fraction of sp³-hybridized carbons (Fsp3) is 0.538. The molecule has 0 unspecified atom stereocenters. The molecule has 1 aromatic heterocycles. The van der Waals surface area contributed by atoms with Gasteiger partial charge in [0.2, 0.25) is 5.91 Å². The summed E-state index contributed by atoms with van der Waals surface area (Å²) in [6.07, 6.45) is 5.73. The van der Waals surface area contributed by atoms with Gasteiger partial charge in [-0.1, -0.05) is 18.0 Å². The molecule has 1 heterocycles. The van der Waals surface area contributed by atoms with Crippen LogP contribution >= 0.6 is 0 Å². The van der Waals surface area contributed by atoms with Crippen LogP contribution in [0.2, 0.25) is 0 Å². The van der Waals surface area contributed by atoms with Gasteiger partial charge in [-0.2, -0.15) is 0 Å². The number of anilines is 1. The Morgan fingerprint density at radius 3 is 2.57 bits per heavy atom. The van der Waals surface area contributed by atoms with E-state index in [-0.39, 0.29) is 12.8 Å². The zero-order valence-electron chi connectivity index (χ0n) is 11.4. The molecule has 1 saturated carbocycles. The fourth-order valence-electron chi connectivity index (χ4n) is 2.80. The van der Waals surface area contributed by atoms with Gasteiger partial charge in [-0.25, -0.2) is 4.79 Å². The van der Waals surface area contributed by atoms with Crippen LogP contribution in [0.25, 0.3) is 0 Å². The number of carboxylic acids is 1. The summed E-state index contributed by atoms with van der Waals surface area (Å²) in [6.45, 7) is 0. The number of nitrogens with zero attached hydrogens (tertiary/aromatic N) is 1. The van der Waals surface area contributed by atoms with Gasteiger partial charge in [0.15, 0.2) is 0 Å². The number of hydrogen-bond acceptors (Lipinski definition) is 5. The molecule has 1 aromatic rings. The normalized spacial score (nSPS) is 16.4. The molecule has 114 valence electrons. The second-order valence-corrected chi connectivity index (χ2v) is 5.37. The Kier molecular flexibility index (Phi) is 4.56. The maximum atomic E-state index is 11.9. The van der Waals surface area contributed by atoms with Crippen LogP contribution in [0.5, 0.6) is 0 Å². The Bertz CT molecular complexity index is 520. The standard InChI is InChI=1S/C13H17N3O5/c17-10(16-12(20)15-9-7-14-21-8-9)5-13(6-11(18)19)3-1-2-4-13/h7-8H,1-6H2,(H,18,19)(H2,15,16,17,20). The smallest absolute Gasteiger partial charge is 0.326 e. The predicted octanol–water partition coefficient (Wildman–Crippen LogP) is 1.75. The molecular formula is C13H17N3O5. The lowest BCUT2D eigenvalue weighted by molar-refractivity contribution is -0.140. The van der Waals surface area contributed by atoms with Crippen molar-refractivity contribution in [2.24, 2.45) is 5.41 Å². The lowest BCUT2D eigenvalue weighted by Gasteiger charge is -2.26. The lowest BCUT2D eigenvalue weighted by Crippen LogP contribution is -2.38. The number of imide groups is 1. The van der Waals surface area contributed by atoms with Gasteiger partial charge in [0, 0.05) is 6.42 Å². The first kappa shape index (κ1) is 15.0. The van der Waals surface area contributed by atoms with Gasteiger partial charge in [-0.3, -0.25) is 14.9 Å². The number of rotatable bonds is 5. The van der Waals surface area contributed by atoms with Crippen molar-refractivity contribution in [1.82, 2.24) is 10.5 Å². The Morgan fingerprint density at radius 2 is 2.00 bits per heavy atom. The first-order valence-corrected chi connectivity index (χ1v) is 6.71. The van der Waals surface area contributed by atoms with Crippen molar-refractivity contribution < 1.29 is 24.0 Å². The third-order valence-electron chi connectivity index (χ3n) is 3.67. The molecule has 0 bridgehead atoms. The summed E-state index contributed by atoms with van der Waals surface area (Å²) >= 11 is 0. The van der Waals surface area contributed by atoms with E-state index >= 15 is 0 Å². The van der Waals surface area contributed by atoms with E-state index in [0.29, 0.717) is 18.5 Å². The molecule has 0 aliphatic heterocycles. The van der Waals surface area contributed by atoms with Crippen LogP contribution in [0.4, 0.5) is 10.5 Å². The number of hydrogen-bond donors (Lipinski definition) is 3. The molecule has 3 N–H and O–H groups in total. The second kappa shape index (κ2) is 6.38. The Balaban J connectivity index is 1.87. The van der Waals surface area contributed by atoms with Crippen molar-refractivity contribution in [3.63, 3.8) is 0 Å². The number of carboxylic acid groups (broad SMARTS) is 1. The molecule has 3 amide bonds. The molecule has 0 radical (unpaired) electrons. The van der Waals surface area contributed by atoms with Crippen LogP contribution in [0, 0.1) is 5.41 Å². The predicted molar refractivity (Wildman–Crippen MR) is 71.4 cm³/mol. The highest BCUT2D eigenvalue weighted by Crippen LogP contribution is 2.43. The summed E-state index contributed by atoms with van der Waals surface area (Å²) in [4.78, 5) is 34.5. The van der Waals surface area contributed by atoms with Crippen molar-refractivity contribution in [2.75, 3.05) is 5.32 Å². The minimum Gasteiger partial charge on any atom is -0.481 e. The maximum absolute atomic E-state index is 11.9. The largest absolute Gasteiger partial charge is 0.481 e. The van der Waals surface area contributed by atoms with Gasteiger partial charge in [-0.05, 0) is 18.3 Å². The molecular weight excluding hydrogens is 278 g/mol. The molecule has 0 spiro atoms. The number of aliphatic carboxylic acids is 1. The Labute approximate surface area is 120 Å². The van der Waals surface area contributed by atoms with E-state index in [1.54, 1.807) is 0 Å². The number of nitrogens with one attached hydrogen (secondary N) is 2. The minimum atomic E-state index is -0.918. The van der Waals surface area contributed by atoms with Crippen LogP contribution in [-0.2, 0) is 9.59 Å². The van der Waals surface area contributed by atoms with Crippen LogP contribution in [0.1, 0.15) is 38.5 Å². The topological polar surface area (TPSA) is 122 Å². The van der Waals surface area contributed by atoms with Gasteiger partial charge in [-0.15, -0.1) is 0 Å². The molecule has 8 nitrogen and oxygen atoms in total. The van der Waals surface area contributed by atoms with E-state index < -0.39 is 23.3 Å². The zero-order chi connectivity index (χ0) is 15.3. The van der Waals surface area contributed by atoms with Crippen molar-refractivity contribution >= 4 is 23.6 Å². The van der Waals surface area contributed by atoms with Gasteiger partial charge in [0.1, 0.15) is 12.0 Å². The molecule has 0 aromatic carbocycles. The number of carbonyl (C=O) groups excluding carboxylic acids is 2. The van der Waals surface area contributed by atoms with Crippen molar-refractivity contribution in [1.29, 1.82) is 0 Å². The lowest BCUT2D eigenvalue weighted by atomic mass is 9.79. The highest BCUT2D eigenvalue weighted by atomic mass is 16.5. The van der Waals surface area contributed by atoms with Crippen LogP contribution in [0.15, 0.2) is 17.0 Å². The van der Waals surface area contributed by atoms with Crippen molar-refractivity contribution in [2.45, 2.75) is 38.5 Å². The van der Waals surface area contributed by atoms with Crippen molar-refractivity contribution in [3.05, 3.63) is 12.5 Å². The van der Waals surface area contributed by atoms with Crippen LogP contribution in [-0.4, -0.2) is 28.2 Å². The summed E-state index contributed by atoms with van der Waals surface area (Å²) in [5.74, 6) is -1.40. The summed E-state index contributed by atoms with van der Waals surface area (Å²) < 4.78 is 4.55. The average Bonchev–Trinajstić information content (AvgIpc) is 3.00. The molecule has 21 heavy (non-hydrogen) atoms. The number of urea groups is 1. The van der Waals surface area contributed by atoms with E-state index in [0.717, 1.165) is 12.8 Å². The maximum Gasteiger partial charge on any atom is 0.326 e. The minimum absolute atomic E-state index is 0.0381. The molecule has 8 heteroatoms. The number of aromatic nitrogens is 1. The molecule has 0 saturated heterocycles. The van der Waals surface area contributed by atoms with E-state index in [1.807, 2.05) is 0 Å². The molecule has 1 aliphatic rings. The van der Waals surface area contributed by atoms with Gasteiger partial charge in [0.25, 0.3) is 0 Å². The monoisotopic (exact) mass is 295 g/mol. The number of amides is 3. The molecule has 2 rings (SSSR count). The van der Waals surface area contributed by atoms with Gasteiger partial charge in [0.05, 0.1) is 12.6 Å².